The molecule has 19 heavy (non-hydrogen) atoms. The Kier molecular flexibility index (Phi) is 2.92. The SMILES string of the molecule is Cc1cc(Oc2ccccc2C)c2ccccc2n1. The maximum absolute atomic E-state index is 6.06. The molecular weight excluding hydrogens is 234 g/mol. The number of hydrogen-bond donors (Lipinski definition) is 0. The van der Waals surface area contributed by atoms with Gasteiger partial charge in [0.15, 0.2) is 0 Å². The average Bonchev–Trinajstić information content (AvgIpc) is 2.41. The molecule has 0 saturated heterocycles. The van der Waals surface area contributed by atoms with Gasteiger partial charge in [0, 0.05) is 17.1 Å². The number of ether oxygens (including phenoxy) is 1. The quantitative estimate of drug-likeness (QED) is 0.659. The van der Waals surface area contributed by atoms with Crippen molar-refractivity contribution in [2.75, 3.05) is 0 Å². The van der Waals surface area contributed by atoms with E-state index in [4.69, 9.17) is 4.74 Å². The molecule has 0 saturated carbocycles. The van der Waals surface area contributed by atoms with Crippen molar-refractivity contribution in [2.24, 2.45) is 0 Å². The van der Waals surface area contributed by atoms with E-state index in [0.717, 1.165) is 33.7 Å². The number of pyridine rings is 1. The number of fused-ring (bicyclic) bond motifs is 1. The van der Waals surface area contributed by atoms with Gasteiger partial charge in [0.1, 0.15) is 11.5 Å². The lowest BCUT2D eigenvalue weighted by Gasteiger charge is -2.11. The van der Waals surface area contributed by atoms with Gasteiger partial charge in [0.25, 0.3) is 0 Å². The third-order valence-electron chi connectivity index (χ3n) is 3.12. The van der Waals surface area contributed by atoms with Crippen molar-refractivity contribution >= 4 is 10.9 Å². The highest BCUT2D eigenvalue weighted by atomic mass is 16.5. The molecule has 3 rings (SSSR count). The number of nitrogens with zero attached hydrogens (tertiary/aromatic N) is 1. The first-order valence-corrected chi connectivity index (χ1v) is 6.34. The lowest BCUT2D eigenvalue weighted by Crippen LogP contribution is -1.91. The molecule has 2 nitrogen and oxygen atoms in total. The Hall–Kier alpha value is -2.35. The maximum atomic E-state index is 6.06. The number of aromatic nitrogens is 1. The highest BCUT2D eigenvalue weighted by molar-refractivity contribution is 5.85. The molecule has 0 spiro atoms. The minimum atomic E-state index is 0.859. The summed E-state index contributed by atoms with van der Waals surface area (Å²) in [5.74, 6) is 1.75. The molecular formula is C17H15NO. The van der Waals surface area contributed by atoms with Crippen molar-refractivity contribution in [3.63, 3.8) is 0 Å². The molecule has 0 unspecified atom stereocenters. The summed E-state index contributed by atoms with van der Waals surface area (Å²) in [5, 5.41) is 1.04. The van der Waals surface area contributed by atoms with E-state index in [1.54, 1.807) is 0 Å². The van der Waals surface area contributed by atoms with Gasteiger partial charge < -0.3 is 4.74 Å². The van der Waals surface area contributed by atoms with Crippen molar-refractivity contribution in [3.05, 3.63) is 65.9 Å². The fourth-order valence-electron chi connectivity index (χ4n) is 2.14. The molecule has 2 aromatic carbocycles. The summed E-state index contributed by atoms with van der Waals surface area (Å²) in [4.78, 5) is 4.52. The normalized spacial score (nSPS) is 10.6. The van der Waals surface area contributed by atoms with Crippen LogP contribution in [0.25, 0.3) is 10.9 Å². The van der Waals surface area contributed by atoms with Crippen LogP contribution in [0.1, 0.15) is 11.3 Å². The standard InChI is InChI=1S/C17H15NO/c1-12-7-3-6-10-16(12)19-17-11-13(2)18-15-9-5-4-8-14(15)17/h3-11H,1-2H3. The van der Waals surface area contributed by atoms with Crippen LogP contribution in [0.5, 0.6) is 11.5 Å². The first-order valence-electron chi connectivity index (χ1n) is 6.34. The number of para-hydroxylation sites is 2. The van der Waals surface area contributed by atoms with Gasteiger partial charge in [-0.15, -0.1) is 0 Å². The van der Waals surface area contributed by atoms with Crippen LogP contribution in [0.3, 0.4) is 0 Å². The maximum Gasteiger partial charge on any atom is 0.138 e. The molecule has 1 heterocycles. The molecule has 0 N–H and O–H groups in total. The van der Waals surface area contributed by atoms with Gasteiger partial charge in [-0.1, -0.05) is 30.3 Å². The smallest absolute Gasteiger partial charge is 0.138 e. The second-order valence-electron chi connectivity index (χ2n) is 4.65. The van der Waals surface area contributed by atoms with E-state index in [-0.39, 0.29) is 0 Å². The Morgan fingerprint density at radius 2 is 1.58 bits per heavy atom. The zero-order valence-corrected chi connectivity index (χ0v) is 11.1. The molecule has 0 aliphatic heterocycles. The van der Waals surface area contributed by atoms with Gasteiger partial charge in [-0.2, -0.15) is 0 Å². The van der Waals surface area contributed by atoms with E-state index >= 15 is 0 Å². The van der Waals surface area contributed by atoms with Crippen LogP contribution in [0.2, 0.25) is 0 Å². The lowest BCUT2D eigenvalue weighted by atomic mass is 10.2. The van der Waals surface area contributed by atoms with Crippen molar-refractivity contribution in [1.29, 1.82) is 0 Å². The predicted octanol–water partition coefficient (Wildman–Crippen LogP) is 4.64. The Morgan fingerprint density at radius 3 is 2.42 bits per heavy atom. The predicted molar refractivity (Wildman–Crippen MR) is 77.7 cm³/mol. The van der Waals surface area contributed by atoms with Gasteiger partial charge in [-0.25, -0.2) is 0 Å². The Labute approximate surface area is 112 Å². The van der Waals surface area contributed by atoms with Crippen LogP contribution in [-0.2, 0) is 0 Å². The third-order valence-corrected chi connectivity index (χ3v) is 3.12. The first kappa shape index (κ1) is 11.7. The zero-order chi connectivity index (χ0) is 13.2. The zero-order valence-electron chi connectivity index (χ0n) is 11.1. The summed E-state index contributed by atoms with van der Waals surface area (Å²) >= 11 is 0. The number of benzene rings is 2. The highest BCUT2D eigenvalue weighted by Crippen LogP contribution is 2.31. The van der Waals surface area contributed by atoms with Gasteiger partial charge in [-0.05, 0) is 37.6 Å². The third kappa shape index (κ3) is 2.29. The monoisotopic (exact) mass is 249 g/mol. The van der Waals surface area contributed by atoms with Crippen LogP contribution >= 0.6 is 0 Å². The molecule has 0 bridgehead atoms. The van der Waals surface area contributed by atoms with E-state index in [1.807, 2.05) is 68.4 Å². The number of hydrogen-bond acceptors (Lipinski definition) is 2. The molecule has 0 radical (unpaired) electrons. The van der Waals surface area contributed by atoms with Gasteiger partial charge in [0.2, 0.25) is 0 Å². The number of rotatable bonds is 2. The van der Waals surface area contributed by atoms with Crippen molar-refractivity contribution in [2.45, 2.75) is 13.8 Å². The Morgan fingerprint density at radius 1 is 0.842 bits per heavy atom. The minimum Gasteiger partial charge on any atom is -0.456 e. The summed E-state index contributed by atoms with van der Waals surface area (Å²) in [5.41, 5.74) is 3.05. The summed E-state index contributed by atoms with van der Waals surface area (Å²) in [6.07, 6.45) is 0. The summed E-state index contributed by atoms with van der Waals surface area (Å²) in [7, 11) is 0. The topological polar surface area (TPSA) is 22.1 Å². The first-order chi connectivity index (χ1) is 9.24. The van der Waals surface area contributed by atoms with Gasteiger partial charge in [0.05, 0.1) is 5.52 Å². The minimum absolute atomic E-state index is 0.859. The molecule has 0 atom stereocenters. The molecule has 0 amide bonds. The van der Waals surface area contributed by atoms with Crippen LogP contribution in [0.4, 0.5) is 0 Å². The van der Waals surface area contributed by atoms with Crippen LogP contribution < -0.4 is 4.74 Å². The van der Waals surface area contributed by atoms with E-state index in [0.29, 0.717) is 0 Å². The average molecular weight is 249 g/mol. The molecule has 0 aliphatic carbocycles. The van der Waals surface area contributed by atoms with E-state index in [2.05, 4.69) is 4.98 Å². The fourth-order valence-corrected chi connectivity index (χ4v) is 2.14. The lowest BCUT2D eigenvalue weighted by molar-refractivity contribution is 0.483. The van der Waals surface area contributed by atoms with Crippen molar-refractivity contribution in [3.8, 4) is 11.5 Å². The number of aryl methyl sites for hydroxylation is 2. The van der Waals surface area contributed by atoms with E-state index in [1.165, 1.54) is 0 Å². The Bertz CT molecular complexity index is 734. The molecule has 0 aliphatic rings. The fraction of sp³-hybridized carbons (Fsp3) is 0.118. The second kappa shape index (κ2) is 4.73. The summed E-state index contributed by atoms with van der Waals surface area (Å²) < 4.78 is 6.06. The largest absolute Gasteiger partial charge is 0.456 e. The molecule has 2 heteroatoms. The second-order valence-corrected chi connectivity index (χ2v) is 4.65. The molecule has 1 aromatic heterocycles. The van der Waals surface area contributed by atoms with Crippen LogP contribution in [-0.4, -0.2) is 4.98 Å². The van der Waals surface area contributed by atoms with Crippen LogP contribution in [0, 0.1) is 13.8 Å². The summed E-state index contributed by atoms with van der Waals surface area (Å²) in [6, 6.07) is 18.1. The molecule has 94 valence electrons. The Balaban J connectivity index is 2.13. The van der Waals surface area contributed by atoms with Crippen molar-refractivity contribution < 1.29 is 4.74 Å². The van der Waals surface area contributed by atoms with Crippen molar-refractivity contribution in [1.82, 2.24) is 4.98 Å². The highest BCUT2D eigenvalue weighted by Gasteiger charge is 2.07. The molecule has 0 fully saturated rings. The summed E-state index contributed by atoms with van der Waals surface area (Å²) in [6.45, 7) is 4.03. The van der Waals surface area contributed by atoms with Crippen LogP contribution in [0.15, 0.2) is 54.6 Å². The molecule has 3 aromatic rings. The van der Waals surface area contributed by atoms with Gasteiger partial charge >= 0.3 is 0 Å². The van der Waals surface area contributed by atoms with Gasteiger partial charge in [-0.3, -0.25) is 4.98 Å². The van der Waals surface area contributed by atoms with E-state index < -0.39 is 0 Å². The van der Waals surface area contributed by atoms with E-state index in [9.17, 15) is 0 Å².